The Balaban J connectivity index is 2.16. The van der Waals surface area contributed by atoms with Crippen molar-refractivity contribution < 1.29 is 33.3 Å². The van der Waals surface area contributed by atoms with Crippen LogP contribution in [-0.2, 0) is 39.8 Å². The van der Waals surface area contributed by atoms with Crippen molar-refractivity contribution in [3.05, 3.63) is 36.0 Å². The molecule has 9 nitrogen and oxygen atoms in total. The van der Waals surface area contributed by atoms with E-state index in [9.17, 15) is 19.6 Å². The molecule has 9 heteroatoms. The Hall–Kier alpha value is -3.38. The fraction of sp³-hybridized carbons (Fsp3) is 0.556. The zero-order chi connectivity index (χ0) is 26.8. The van der Waals surface area contributed by atoms with Gasteiger partial charge in [-0.1, -0.05) is 18.2 Å². The lowest BCUT2D eigenvalue weighted by molar-refractivity contribution is -0.233. The molecule has 1 fully saturated rings. The molecule has 0 radical (unpaired) electrons. The third-order valence-electron chi connectivity index (χ3n) is 5.95. The monoisotopic (exact) mass is 498 g/mol. The molecule has 0 aliphatic carbocycles. The van der Waals surface area contributed by atoms with Crippen molar-refractivity contribution in [2.45, 2.75) is 78.9 Å². The number of ether oxygens (including phenoxy) is 4. The molecule has 0 spiro atoms. The molecule has 4 atom stereocenters. The largest absolute Gasteiger partial charge is 0.467 e. The van der Waals surface area contributed by atoms with Crippen molar-refractivity contribution in [1.29, 1.82) is 5.26 Å². The summed E-state index contributed by atoms with van der Waals surface area (Å²) in [5, 5.41) is 10.2. The highest BCUT2D eigenvalue weighted by molar-refractivity contribution is 5.84. The summed E-state index contributed by atoms with van der Waals surface area (Å²) in [6, 6.07) is 9.58. The number of carbonyl (C=O) groups excluding carboxylic acids is 3. The summed E-state index contributed by atoms with van der Waals surface area (Å²) in [7, 11) is 1.25. The summed E-state index contributed by atoms with van der Waals surface area (Å²) < 4.78 is 24.7. The van der Waals surface area contributed by atoms with Crippen LogP contribution in [-0.4, -0.2) is 47.9 Å². The van der Waals surface area contributed by atoms with Crippen LogP contribution in [0.1, 0.15) is 59.8 Å². The lowest BCUT2D eigenvalue weighted by Crippen LogP contribution is -2.53. The molecule has 1 saturated heterocycles. The second kappa shape index (κ2) is 10.3. The van der Waals surface area contributed by atoms with Gasteiger partial charge in [0, 0.05) is 18.0 Å². The predicted molar refractivity (Wildman–Crippen MR) is 130 cm³/mol. The SMILES string of the molecule is COC(=O)[C@@H]1C[C@H](OC(=O)C(C)(C)C)[C@H](OC(=O)C(C)(C)C)[C@@H](n2cc(CC#N)c3ccccc32)O1. The average Bonchev–Trinajstić information content (AvgIpc) is 3.16. The van der Waals surface area contributed by atoms with Gasteiger partial charge in [-0.15, -0.1) is 0 Å². The first kappa shape index (κ1) is 27.2. The van der Waals surface area contributed by atoms with E-state index in [4.69, 9.17) is 18.9 Å². The first-order chi connectivity index (χ1) is 16.8. The fourth-order valence-electron chi connectivity index (χ4n) is 3.91. The van der Waals surface area contributed by atoms with Gasteiger partial charge in [0.15, 0.2) is 18.4 Å². The Labute approximate surface area is 211 Å². The van der Waals surface area contributed by atoms with Gasteiger partial charge in [0.05, 0.1) is 35.9 Å². The lowest BCUT2D eigenvalue weighted by Gasteiger charge is -2.41. The molecule has 1 aromatic heterocycles. The lowest BCUT2D eigenvalue weighted by atomic mass is 9.95. The van der Waals surface area contributed by atoms with E-state index >= 15 is 0 Å². The van der Waals surface area contributed by atoms with E-state index in [1.54, 1.807) is 52.3 Å². The fourth-order valence-corrected chi connectivity index (χ4v) is 3.91. The number of hydrogen-bond acceptors (Lipinski definition) is 8. The van der Waals surface area contributed by atoms with Gasteiger partial charge < -0.3 is 23.5 Å². The van der Waals surface area contributed by atoms with Gasteiger partial charge in [0.1, 0.15) is 6.10 Å². The zero-order valence-electron chi connectivity index (χ0n) is 21.9. The van der Waals surface area contributed by atoms with Crippen molar-refractivity contribution in [2.75, 3.05) is 7.11 Å². The van der Waals surface area contributed by atoms with E-state index in [1.165, 1.54) is 7.11 Å². The van der Waals surface area contributed by atoms with E-state index in [-0.39, 0.29) is 12.8 Å². The molecule has 2 heterocycles. The summed E-state index contributed by atoms with van der Waals surface area (Å²) in [6.07, 6.45) is -2.28. The molecule has 36 heavy (non-hydrogen) atoms. The number of nitrogens with zero attached hydrogens (tertiary/aromatic N) is 2. The Morgan fingerprint density at radius 3 is 2.25 bits per heavy atom. The second-order valence-corrected chi connectivity index (χ2v) is 11.0. The first-order valence-electron chi connectivity index (χ1n) is 11.9. The van der Waals surface area contributed by atoms with Crippen LogP contribution in [0.5, 0.6) is 0 Å². The van der Waals surface area contributed by atoms with E-state index < -0.39 is 53.3 Å². The van der Waals surface area contributed by atoms with Gasteiger partial charge in [0.2, 0.25) is 0 Å². The van der Waals surface area contributed by atoms with Crippen LogP contribution in [0.4, 0.5) is 0 Å². The molecule has 2 aromatic rings. The van der Waals surface area contributed by atoms with Gasteiger partial charge in [-0.2, -0.15) is 5.26 Å². The van der Waals surface area contributed by atoms with Crippen LogP contribution in [0.2, 0.25) is 0 Å². The van der Waals surface area contributed by atoms with Crippen LogP contribution in [0.15, 0.2) is 30.5 Å². The maximum Gasteiger partial charge on any atom is 0.335 e. The normalized spacial score (nSPS) is 22.5. The molecule has 0 bridgehead atoms. The summed E-state index contributed by atoms with van der Waals surface area (Å²) >= 11 is 0. The number of para-hydroxylation sites is 1. The first-order valence-corrected chi connectivity index (χ1v) is 11.9. The molecular formula is C27H34N2O7. The molecule has 0 saturated carbocycles. The number of rotatable bonds is 5. The van der Waals surface area contributed by atoms with E-state index in [0.29, 0.717) is 0 Å². The second-order valence-electron chi connectivity index (χ2n) is 11.0. The molecule has 0 N–H and O–H groups in total. The van der Waals surface area contributed by atoms with Crippen molar-refractivity contribution in [2.24, 2.45) is 10.8 Å². The van der Waals surface area contributed by atoms with Crippen molar-refractivity contribution in [3.8, 4) is 6.07 Å². The predicted octanol–water partition coefficient (Wildman–Crippen LogP) is 4.08. The third-order valence-corrected chi connectivity index (χ3v) is 5.95. The number of benzene rings is 1. The standard InChI is InChI=1S/C27H34N2O7/c1-26(2,3)24(31)35-19-14-20(23(30)33-7)34-22(21(19)36-25(32)27(4,5)6)29-15-16(12-13-28)17-10-8-9-11-18(17)29/h8-11,15,19-22H,12,14H2,1-7H3/t19-,20-,21-,22-/m0/s1. The number of fused-ring (bicyclic) bond motifs is 1. The minimum Gasteiger partial charge on any atom is -0.467 e. The minimum absolute atomic E-state index is 0.0443. The van der Waals surface area contributed by atoms with Crippen LogP contribution < -0.4 is 0 Å². The highest BCUT2D eigenvalue weighted by Gasteiger charge is 2.49. The number of esters is 3. The molecule has 1 aromatic carbocycles. The molecule has 0 unspecified atom stereocenters. The topological polar surface area (TPSA) is 117 Å². The minimum atomic E-state index is -1.07. The van der Waals surface area contributed by atoms with Crippen LogP contribution in [0.25, 0.3) is 10.9 Å². The molecule has 194 valence electrons. The van der Waals surface area contributed by atoms with Gasteiger partial charge in [-0.05, 0) is 53.2 Å². The highest BCUT2D eigenvalue weighted by atomic mass is 16.6. The number of nitriles is 1. The maximum absolute atomic E-state index is 13.0. The van der Waals surface area contributed by atoms with E-state index in [0.717, 1.165) is 16.5 Å². The van der Waals surface area contributed by atoms with Crippen molar-refractivity contribution in [3.63, 3.8) is 0 Å². The van der Waals surface area contributed by atoms with E-state index in [2.05, 4.69) is 6.07 Å². The summed E-state index contributed by atoms with van der Waals surface area (Å²) in [5.74, 6) is -1.65. The quantitative estimate of drug-likeness (QED) is 0.447. The summed E-state index contributed by atoms with van der Waals surface area (Å²) in [6.45, 7) is 10.3. The Bertz CT molecular complexity index is 1180. The van der Waals surface area contributed by atoms with Gasteiger partial charge in [0.25, 0.3) is 0 Å². The maximum atomic E-state index is 13.0. The number of methoxy groups -OCH3 is 1. The number of hydrogen-bond donors (Lipinski definition) is 0. The zero-order valence-corrected chi connectivity index (χ0v) is 21.9. The third kappa shape index (κ3) is 5.71. The Morgan fingerprint density at radius 1 is 1.06 bits per heavy atom. The molecule has 0 amide bonds. The van der Waals surface area contributed by atoms with Crippen molar-refractivity contribution in [1.82, 2.24) is 4.57 Å². The average molecular weight is 499 g/mol. The molecular weight excluding hydrogens is 464 g/mol. The van der Waals surface area contributed by atoms with E-state index in [1.807, 2.05) is 24.3 Å². The smallest absolute Gasteiger partial charge is 0.335 e. The summed E-state index contributed by atoms with van der Waals surface area (Å²) in [5.41, 5.74) is -0.197. The molecule has 1 aliphatic rings. The van der Waals surface area contributed by atoms with Crippen LogP contribution >= 0.6 is 0 Å². The van der Waals surface area contributed by atoms with Crippen molar-refractivity contribution >= 4 is 28.8 Å². The van der Waals surface area contributed by atoms with Crippen LogP contribution in [0, 0.1) is 22.2 Å². The molecule has 3 rings (SSSR count). The van der Waals surface area contributed by atoms with Gasteiger partial charge in [-0.25, -0.2) is 4.79 Å². The Morgan fingerprint density at radius 2 is 1.67 bits per heavy atom. The number of carbonyl (C=O) groups is 3. The highest BCUT2D eigenvalue weighted by Crippen LogP contribution is 2.38. The van der Waals surface area contributed by atoms with Crippen LogP contribution in [0.3, 0.4) is 0 Å². The van der Waals surface area contributed by atoms with Gasteiger partial charge >= 0.3 is 17.9 Å². The number of aromatic nitrogens is 1. The van der Waals surface area contributed by atoms with Gasteiger partial charge in [-0.3, -0.25) is 9.59 Å². The molecule has 1 aliphatic heterocycles. The summed E-state index contributed by atoms with van der Waals surface area (Å²) in [4.78, 5) is 38.5. The Kier molecular flexibility index (Phi) is 7.79.